The third-order valence-electron chi connectivity index (χ3n) is 4.15. The van der Waals surface area contributed by atoms with Gasteiger partial charge in [0.05, 0.1) is 0 Å². The Balaban J connectivity index is 1.93. The molecular weight excluding hydrogens is 265 g/mol. The van der Waals surface area contributed by atoms with Crippen LogP contribution in [0.25, 0.3) is 0 Å². The van der Waals surface area contributed by atoms with Crippen molar-refractivity contribution in [2.45, 2.75) is 39.2 Å². The minimum absolute atomic E-state index is 0.280. The molecule has 100 valence electrons. The second kappa shape index (κ2) is 6.27. The van der Waals surface area contributed by atoms with Gasteiger partial charge < -0.3 is 5.32 Å². The van der Waals surface area contributed by atoms with Gasteiger partial charge in [-0.25, -0.2) is 0 Å². The molecule has 0 aliphatic heterocycles. The fraction of sp³-hybridized carbons (Fsp3) is 0.600. The van der Waals surface area contributed by atoms with Gasteiger partial charge in [-0.3, -0.25) is 0 Å². The lowest BCUT2D eigenvalue weighted by Crippen LogP contribution is -2.27. The molecule has 1 saturated carbocycles. The van der Waals surface area contributed by atoms with Gasteiger partial charge in [-0.05, 0) is 49.4 Å². The maximum atomic E-state index is 6.22. The maximum Gasteiger partial charge on any atom is 0.0468 e. The first-order valence-corrected chi connectivity index (χ1v) is 7.52. The van der Waals surface area contributed by atoms with E-state index in [0.29, 0.717) is 5.02 Å². The van der Waals surface area contributed by atoms with Crippen LogP contribution in [0.4, 0.5) is 0 Å². The van der Waals surface area contributed by atoms with Crippen LogP contribution in [0, 0.1) is 11.8 Å². The number of hydrogen-bond acceptors (Lipinski definition) is 1. The number of rotatable bonds is 4. The van der Waals surface area contributed by atoms with Gasteiger partial charge in [0.1, 0.15) is 0 Å². The summed E-state index contributed by atoms with van der Waals surface area (Å²) >= 11 is 12.1. The van der Waals surface area contributed by atoms with Crippen molar-refractivity contribution in [3.63, 3.8) is 0 Å². The number of nitrogens with one attached hydrogen (secondary N) is 1. The SMILES string of the molecule is CC(NCC1CCCC1C)c1ccc(Cl)cc1Cl. The molecular formula is C15H21Cl2N. The molecule has 1 nitrogen and oxygen atoms in total. The lowest BCUT2D eigenvalue weighted by atomic mass is 9.97. The Labute approximate surface area is 120 Å². The minimum atomic E-state index is 0.280. The van der Waals surface area contributed by atoms with E-state index >= 15 is 0 Å². The van der Waals surface area contributed by atoms with E-state index in [1.165, 1.54) is 19.3 Å². The molecule has 1 N–H and O–H groups in total. The summed E-state index contributed by atoms with van der Waals surface area (Å²) in [6, 6.07) is 6.01. The third kappa shape index (κ3) is 3.40. The van der Waals surface area contributed by atoms with E-state index in [2.05, 4.69) is 19.2 Å². The van der Waals surface area contributed by atoms with Crippen LogP contribution >= 0.6 is 23.2 Å². The van der Waals surface area contributed by atoms with Gasteiger partial charge in [0, 0.05) is 16.1 Å². The monoisotopic (exact) mass is 285 g/mol. The Morgan fingerprint density at radius 1 is 1.33 bits per heavy atom. The van der Waals surface area contributed by atoms with Crippen LogP contribution < -0.4 is 5.32 Å². The van der Waals surface area contributed by atoms with E-state index in [4.69, 9.17) is 23.2 Å². The summed E-state index contributed by atoms with van der Waals surface area (Å²) in [7, 11) is 0. The van der Waals surface area contributed by atoms with Crippen molar-refractivity contribution >= 4 is 23.2 Å². The largest absolute Gasteiger partial charge is 0.310 e. The lowest BCUT2D eigenvalue weighted by molar-refractivity contribution is 0.375. The summed E-state index contributed by atoms with van der Waals surface area (Å²) in [5.41, 5.74) is 1.13. The molecule has 0 saturated heterocycles. The zero-order valence-corrected chi connectivity index (χ0v) is 12.6. The quantitative estimate of drug-likeness (QED) is 0.813. The topological polar surface area (TPSA) is 12.0 Å². The molecule has 0 radical (unpaired) electrons. The average Bonchev–Trinajstić information content (AvgIpc) is 2.72. The van der Waals surface area contributed by atoms with Crippen LogP contribution in [-0.4, -0.2) is 6.54 Å². The van der Waals surface area contributed by atoms with E-state index in [1.807, 2.05) is 18.2 Å². The van der Waals surface area contributed by atoms with Crippen LogP contribution in [-0.2, 0) is 0 Å². The normalized spacial score (nSPS) is 25.3. The summed E-state index contributed by atoms with van der Waals surface area (Å²) in [5.74, 6) is 1.67. The molecule has 0 spiro atoms. The van der Waals surface area contributed by atoms with Crippen molar-refractivity contribution in [2.75, 3.05) is 6.54 Å². The molecule has 3 unspecified atom stereocenters. The average molecular weight is 286 g/mol. The van der Waals surface area contributed by atoms with E-state index < -0.39 is 0 Å². The molecule has 0 amide bonds. The van der Waals surface area contributed by atoms with Crippen molar-refractivity contribution < 1.29 is 0 Å². The van der Waals surface area contributed by atoms with Crippen molar-refractivity contribution in [1.29, 1.82) is 0 Å². The molecule has 3 heteroatoms. The van der Waals surface area contributed by atoms with Crippen molar-refractivity contribution in [2.24, 2.45) is 11.8 Å². The molecule has 1 aliphatic rings. The number of halogens is 2. The predicted molar refractivity (Wildman–Crippen MR) is 79.4 cm³/mol. The summed E-state index contributed by atoms with van der Waals surface area (Å²) < 4.78 is 0. The van der Waals surface area contributed by atoms with Crippen LogP contribution in [0.15, 0.2) is 18.2 Å². The summed E-state index contributed by atoms with van der Waals surface area (Å²) in [4.78, 5) is 0. The molecule has 1 aromatic carbocycles. The second-order valence-corrected chi connectivity index (χ2v) is 6.31. The fourth-order valence-electron chi connectivity index (χ4n) is 2.82. The minimum Gasteiger partial charge on any atom is -0.310 e. The molecule has 1 aromatic rings. The first-order chi connectivity index (χ1) is 8.58. The number of hydrogen-bond donors (Lipinski definition) is 1. The Morgan fingerprint density at radius 3 is 2.72 bits per heavy atom. The zero-order valence-electron chi connectivity index (χ0n) is 11.0. The molecule has 0 heterocycles. The van der Waals surface area contributed by atoms with Gasteiger partial charge in [0.15, 0.2) is 0 Å². The summed E-state index contributed by atoms with van der Waals surface area (Å²) in [6.45, 7) is 5.61. The first kappa shape index (κ1) is 14.2. The van der Waals surface area contributed by atoms with Gasteiger partial charge in [0.25, 0.3) is 0 Å². The molecule has 0 bridgehead atoms. The lowest BCUT2D eigenvalue weighted by Gasteiger charge is -2.21. The zero-order chi connectivity index (χ0) is 13.1. The molecule has 1 fully saturated rings. The molecule has 2 rings (SSSR count). The second-order valence-electron chi connectivity index (χ2n) is 5.46. The highest BCUT2D eigenvalue weighted by molar-refractivity contribution is 6.35. The van der Waals surface area contributed by atoms with Gasteiger partial charge in [-0.2, -0.15) is 0 Å². The molecule has 0 aromatic heterocycles. The van der Waals surface area contributed by atoms with Crippen molar-refractivity contribution in [3.05, 3.63) is 33.8 Å². The number of benzene rings is 1. The van der Waals surface area contributed by atoms with Crippen LogP contribution in [0.2, 0.25) is 10.0 Å². The van der Waals surface area contributed by atoms with Gasteiger partial charge in [-0.1, -0.05) is 49.0 Å². The third-order valence-corrected chi connectivity index (χ3v) is 4.72. The van der Waals surface area contributed by atoms with Crippen LogP contribution in [0.1, 0.15) is 44.7 Å². The highest BCUT2D eigenvalue weighted by atomic mass is 35.5. The predicted octanol–water partition coefficient (Wildman–Crippen LogP) is 5.08. The van der Waals surface area contributed by atoms with E-state index in [-0.39, 0.29) is 6.04 Å². The molecule has 3 atom stereocenters. The molecule has 1 aliphatic carbocycles. The van der Waals surface area contributed by atoms with Crippen molar-refractivity contribution in [3.8, 4) is 0 Å². The van der Waals surface area contributed by atoms with E-state index in [1.54, 1.807) is 0 Å². The highest BCUT2D eigenvalue weighted by Crippen LogP contribution is 2.31. The standard InChI is InChI=1S/C15H21Cl2N/c1-10-4-3-5-12(10)9-18-11(2)14-7-6-13(16)8-15(14)17/h6-8,10-12,18H,3-5,9H2,1-2H3. The Bertz CT molecular complexity index is 405. The summed E-state index contributed by atoms with van der Waals surface area (Å²) in [5, 5.41) is 5.05. The Hall–Kier alpha value is -0.240. The molecule has 18 heavy (non-hydrogen) atoms. The van der Waals surface area contributed by atoms with Gasteiger partial charge in [0.2, 0.25) is 0 Å². The smallest absolute Gasteiger partial charge is 0.0468 e. The Kier molecular flexibility index (Phi) is 4.94. The van der Waals surface area contributed by atoms with Gasteiger partial charge >= 0.3 is 0 Å². The summed E-state index contributed by atoms with van der Waals surface area (Å²) in [6.07, 6.45) is 4.11. The van der Waals surface area contributed by atoms with Crippen molar-refractivity contribution in [1.82, 2.24) is 5.32 Å². The van der Waals surface area contributed by atoms with Crippen LogP contribution in [0.3, 0.4) is 0 Å². The van der Waals surface area contributed by atoms with Gasteiger partial charge in [-0.15, -0.1) is 0 Å². The van der Waals surface area contributed by atoms with E-state index in [9.17, 15) is 0 Å². The highest BCUT2D eigenvalue weighted by Gasteiger charge is 2.23. The maximum absolute atomic E-state index is 6.22. The van der Waals surface area contributed by atoms with Crippen LogP contribution in [0.5, 0.6) is 0 Å². The Morgan fingerprint density at radius 2 is 2.11 bits per heavy atom. The fourth-order valence-corrected chi connectivity index (χ4v) is 3.39. The first-order valence-electron chi connectivity index (χ1n) is 6.76. The van der Waals surface area contributed by atoms with E-state index in [0.717, 1.165) is 29.0 Å².